The SMILES string of the molecule is CC(=O)c1ccc(S(=O)(=O)N2CCN(CCN3CCOCC3)CC2)cc1. The van der Waals surface area contributed by atoms with Gasteiger partial charge in [0.05, 0.1) is 18.1 Å². The first-order valence-electron chi connectivity index (χ1n) is 9.10. The van der Waals surface area contributed by atoms with Crippen LogP contribution in [-0.4, -0.2) is 93.9 Å². The minimum Gasteiger partial charge on any atom is -0.379 e. The predicted molar refractivity (Wildman–Crippen MR) is 98.9 cm³/mol. The number of piperazine rings is 1. The van der Waals surface area contributed by atoms with Gasteiger partial charge in [0, 0.05) is 57.9 Å². The lowest BCUT2D eigenvalue weighted by atomic mass is 10.2. The van der Waals surface area contributed by atoms with E-state index in [0.29, 0.717) is 18.7 Å². The molecular formula is C18H27N3O4S. The highest BCUT2D eigenvalue weighted by Gasteiger charge is 2.28. The number of benzene rings is 1. The maximum Gasteiger partial charge on any atom is 0.243 e. The van der Waals surface area contributed by atoms with Crippen LogP contribution in [0.3, 0.4) is 0 Å². The second-order valence-corrected chi connectivity index (χ2v) is 8.72. The molecule has 0 amide bonds. The Kier molecular flexibility index (Phi) is 6.42. The summed E-state index contributed by atoms with van der Waals surface area (Å²) in [6, 6.07) is 6.20. The van der Waals surface area contributed by atoms with Gasteiger partial charge < -0.3 is 4.74 Å². The van der Waals surface area contributed by atoms with Gasteiger partial charge in [0.25, 0.3) is 0 Å². The molecule has 0 aromatic heterocycles. The number of nitrogens with zero attached hydrogens (tertiary/aromatic N) is 3. The lowest BCUT2D eigenvalue weighted by Gasteiger charge is -2.35. The normalized spacial score (nSPS) is 21.0. The highest BCUT2D eigenvalue weighted by Crippen LogP contribution is 2.18. The minimum absolute atomic E-state index is 0.0668. The molecule has 8 heteroatoms. The topological polar surface area (TPSA) is 70.2 Å². The molecule has 0 bridgehead atoms. The van der Waals surface area contributed by atoms with Gasteiger partial charge in [-0.15, -0.1) is 0 Å². The van der Waals surface area contributed by atoms with Crippen LogP contribution < -0.4 is 0 Å². The molecule has 0 N–H and O–H groups in total. The average Bonchev–Trinajstić information content (AvgIpc) is 2.67. The highest BCUT2D eigenvalue weighted by molar-refractivity contribution is 7.89. The second kappa shape index (κ2) is 8.58. The molecule has 0 aliphatic carbocycles. The molecular weight excluding hydrogens is 354 g/mol. The van der Waals surface area contributed by atoms with Crippen LogP contribution in [0.2, 0.25) is 0 Å². The molecule has 2 saturated heterocycles. The number of hydrogen-bond acceptors (Lipinski definition) is 6. The van der Waals surface area contributed by atoms with Gasteiger partial charge in [-0.2, -0.15) is 4.31 Å². The van der Waals surface area contributed by atoms with Crippen molar-refractivity contribution in [1.29, 1.82) is 0 Å². The van der Waals surface area contributed by atoms with Crippen molar-refractivity contribution >= 4 is 15.8 Å². The first-order chi connectivity index (χ1) is 12.5. The fraction of sp³-hybridized carbons (Fsp3) is 0.611. The molecule has 3 rings (SSSR count). The van der Waals surface area contributed by atoms with E-state index in [9.17, 15) is 13.2 Å². The van der Waals surface area contributed by atoms with Gasteiger partial charge in [0.2, 0.25) is 10.0 Å². The third-order valence-electron chi connectivity index (χ3n) is 5.07. The van der Waals surface area contributed by atoms with Crippen molar-refractivity contribution in [2.24, 2.45) is 0 Å². The van der Waals surface area contributed by atoms with Crippen molar-refractivity contribution in [1.82, 2.24) is 14.1 Å². The molecule has 0 saturated carbocycles. The van der Waals surface area contributed by atoms with E-state index in [2.05, 4.69) is 9.80 Å². The first-order valence-corrected chi connectivity index (χ1v) is 10.5. The number of sulfonamides is 1. The fourth-order valence-corrected chi connectivity index (χ4v) is 4.73. The molecule has 2 heterocycles. The molecule has 144 valence electrons. The Balaban J connectivity index is 1.52. The van der Waals surface area contributed by atoms with Gasteiger partial charge in [-0.3, -0.25) is 14.6 Å². The van der Waals surface area contributed by atoms with E-state index in [1.54, 1.807) is 16.4 Å². The van der Waals surface area contributed by atoms with Gasteiger partial charge in [-0.05, 0) is 19.1 Å². The Labute approximate surface area is 155 Å². The smallest absolute Gasteiger partial charge is 0.243 e. The second-order valence-electron chi connectivity index (χ2n) is 6.78. The van der Waals surface area contributed by atoms with E-state index in [1.165, 1.54) is 19.1 Å². The molecule has 2 aliphatic heterocycles. The largest absolute Gasteiger partial charge is 0.379 e. The lowest BCUT2D eigenvalue weighted by Crippen LogP contribution is -2.50. The van der Waals surface area contributed by atoms with Crippen LogP contribution in [0.1, 0.15) is 17.3 Å². The molecule has 7 nitrogen and oxygen atoms in total. The highest BCUT2D eigenvalue weighted by atomic mass is 32.2. The summed E-state index contributed by atoms with van der Waals surface area (Å²) in [7, 11) is -3.49. The predicted octanol–water partition coefficient (Wildman–Crippen LogP) is 0.528. The minimum atomic E-state index is -3.49. The van der Waals surface area contributed by atoms with E-state index in [1.807, 2.05) is 0 Å². The van der Waals surface area contributed by atoms with Gasteiger partial charge in [-0.1, -0.05) is 12.1 Å². The summed E-state index contributed by atoms with van der Waals surface area (Å²) in [5.41, 5.74) is 0.525. The molecule has 1 aromatic carbocycles. The summed E-state index contributed by atoms with van der Waals surface area (Å²) in [6.45, 7) is 9.48. The molecule has 0 radical (unpaired) electrons. The van der Waals surface area contributed by atoms with Crippen LogP contribution in [0.4, 0.5) is 0 Å². The maximum atomic E-state index is 12.8. The molecule has 0 atom stereocenters. The standard InChI is InChI=1S/C18H27N3O4S/c1-16(22)17-2-4-18(5-3-17)26(23,24)21-10-8-19(9-11-21)6-7-20-12-14-25-15-13-20/h2-5H,6-15H2,1H3. The molecule has 0 unspecified atom stereocenters. The Hall–Kier alpha value is -1.32. The van der Waals surface area contributed by atoms with Crippen molar-refractivity contribution in [3.05, 3.63) is 29.8 Å². The number of carbonyl (C=O) groups is 1. The van der Waals surface area contributed by atoms with Crippen LogP contribution in [0.15, 0.2) is 29.2 Å². The van der Waals surface area contributed by atoms with E-state index in [0.717, 1.165) is 52.5 Å². The average molecular weight is 381 g/mol. The van der Waals surface area contributed by atoms with Crippen molar-refractivity contribution in [2.45, 2.75) is 11.8 Å². The zero-order valence-electron chi connectivity index (χ0n) is 15.3. The molecule has 0 spiro atoms. The van der Waals surface area contributed by atoms with Crippen LogP contribution in [-0.2, 0) is 14.8 Å². The van der Waals surface area contributed by atoms with Crippen LogP contribution >= 0.6 is 0 Å². The monoisotopic (exact) mass is 381 g/mol. The van der Waals surface area contributed by atoms with Crippen LogP contribution in [0.5, 0.6) is 0 Å². The Morgan fingerprint density at radius 2 is 1.46 bits per heavy atom. The number of rotatable bonds is 6. The number of morpholine rings is 1. The third kappa shape index (κ3) is 4.69. The van der Waals surface area contributed by atoms with Gasteiger partial charge >= 0.3 is 0 Å². The fourth-order valence-electron chi connectivity index (χ4n) is 3.31. The Morgan fingerprint density at radius 1 is 0.923 bits per heavy atom. The van der Waals surface area contributed by atoms with Crippen LogP contribution in [0.25, 0.3) is 0 Å². The molecule has 2 aliphatic rings. The first kappa shape index (κ1) is 19.4. The maximum absolute atomic E-state index is 12.8. The van der Waals surface area contributed by atoms with Crippen molar-refractivity contribution in [3.8, 4) is 0 Å². The number of Topliss-reactive ketones (excluding diaryl/α,β-unsaturated/α-hetero) is 1. The van der Waals surface area contributed by atoms with Crippen molar-refractivity contribution in [3.63, 3.8) is 0 Å². The van der Waals surface area contributed by atoms with Crippen molar-refractivity contribution < 1.29 is 17.9 Å². The zero-order valence-corrected chi connectivity index (χ0v) is 16.1. The van der Waals surface area contributed by atoms with E-state index in [4.69, 9.17) is 4.74 Å². The van der Waals surface area contributed by atoms with Gasteiger partial charge in [0.15, 0.2) is 5.78 Å². The zero-order chi connectivity index (χ0) is 18.6. The summed E-state index contributed by atoms with van der Waals surface area (Å²) < 4.78 is 32.5. The van der Waals surface area contributed by atoms with E-state index in [-0.39, 0.29) is 10.7 Å². The quantitative estimate of drug-likeness (QED) is 0.670. The summed E-state index contributed by atoms with van der Waals surface area (Å²) in [4.78, 5) is 16.3. The van der Waals surface area contributed by atoms with Gasteiger partial charge in [-0.25, -0.2) is 8.42 Å². The lowest BCUT2D eigenvalue weighted by molar-refractivity contribution is 0.0317. The summed E-state index contributed by atoms with van der Waals surface area (Å²) >= 11 is 0. The van der Waals surface area contributed by atoms with Crippen LogP contribution in [0, 0.1) is 0 Å². The summed E-state index contributed by atoms with van der Waals surface area (Å²) in [5.74, 6) is -0.0668. The number of carbonyl (C=O) groups excluding carboxylic acids is 1. The summed E-state index contributed by atoms with van der Waals surface area (Å²) in [6.07, 6.45) is 0. The number of hydrogen-bond donors (Lipinski definition) is 0. The third-order valence-corrected chi connectivity index (χ3v) is 6.98. The Morgan fingerprint density at radius 3 is 2.00 bits per heavy atom. The molecule has 26 heavy (non-hydrogen) atoms. The Bertz CT molecular complexity index is 706. The number of ether oxygens (including phenoxy) is 1. The molecule has 1 aromatic rings. The summed E-state index contributed by atoms with van der Waals surface area (Å²) in [5, 5.41) is 0. The van der Waals surface area contributed by atoms with E-state index < -0.39 is 10.0 Å². The molecule has 2 fully saturated rings. The van der Waals surface area contributed by atoms with E-state index >= 15 is 0 Å². The van der Waals surface area contributed by atoms with Gasteiger partial charge in [0.1, 0.15) is 0 Å². The van der Waals surface area contributed by atoms with Crippen molar-refractivity contribution in [2.75, 3.05) is 65.6 Å². The number of ketones is 1.